The van der Waals surface area contributed by atoms with Crippen molar-refractivity contribution in [3.8, 4) is 0 Å². The minimum absolute atomic E-state index is 0.0509. The average Bonchev–Trinajstić information content (AvgIpc) is 2.47. The number of H-pyrrole nitrogens is 1. The Morgan fingerprint density at radius 1 is 1.50 bits per heavy atom. The summed E-state index contributed by atoms with van der Waals surface area (Å²) in [6.45, 7) is 0. The van der Waals surface area contributed by atoms with E-state index in [-0.39, 0.29) is 10.3 Å². The Balaban J connectivity index is 2.85. The van der Waals surface area contributed by atoms with Crippen molar-refractivity contribution in [3.05, 3.63) is 28.6 Å². The van der Waals surface area contributed by atoms with Crippen LogP contribution in [0.2, 0.25) is 0 Å². The van der Waals surface area contributed by atoms with E-state index < -0.39 is 16.9 Å². The van der Waals surface area contributed by atoms with Gasteiger partial charge in [0.2, 0.25) is 0 Å². The lowest BCUT2D eigenvalue weighted by molar-refractivity contribution is 0.537. The Kier molecular flexibility index (Phi) is 2.42. The molecule has 1 heterocycles. The number of rotatable bonds is 1. The molecule has 1 aromatic heterocycles. The van der Waals surface area contributed by atoms with Gasteiger partial charge in [0.15, 0.2) is 0 Å². The zero-order valence-electron chi connectivity index (χ0n) is 6.71. The summed E-state index contributed by atoms with van der Waals surface area (Å²) in [5, 5.41) is 0.0986. The quantitative estimate of drug-likeness (QED) is 0.813. The van der Waals surface area contributed by atoms with Gasteiger partial charge in [0, 0.05) is 10.7 Å². The summed E-state index contributed by atoms with van der Waals surface area (Å²) in [5.41, 5.74) is 0.455. The number of aromatic nitrogens is 1. The number of nitrogens with one attached hydrogen (secondary N) is 1. The molecule has 1 N–H and O–H groups in total. The smallest absolute Gasteiger partial charge is 0.134 e. The van der Waals surface area contributed by atoms with E-state index in [1.165, 1.54) is 12.3 Å². The number of aromatic amines is 1. The second-order valence-electron chi connectivity index (χ2n) is 2.70. The molecule has 0 spiro atoms. The van der Waals surface area contributed by atoms with E-state index in [0.717, 1.165) is 0 Å². The topological polar surface area (TPSA) is 55.9 Å². The van der Waals surface area contributed by atoms with Crippen LogP contribution in [0.15, 0.2) is 27.7 Å². The van der Waals surface area contributed by atoms with Crippen molar-refractivity contribution in [2.45, 2.75) is 4.90 Å². The highest BCUT2D eigenvalue weighted by Gasteiger charge is 2.10. The molecule has 0 amide bonds. The van der Waals surface area contributed by atoms with E-state index >= 15 is 0 Å². The van der Waals surface area contributed by atoms with Crippen molar-refractivity contribution in [2.75, 3.05) is 0 Å². The first-order valence-corrected chi connectivity index (χ1v) is 5.52. The molecule has 6 heteroatoms. The fraction of sp³-hybridized carbons (Fsp3) is 0. The maximum atomic E-state index is 13.4. The van der Waals surface area contributed by atoms with Crippen LogP contribution in [0.5, 0.6) is 0 Å². The van der Waals surface area contributed by atoms with Gasteiger partial charge in [-0.2, -0.15) is 0 Å². The molecule has 74 valence electrons. The van der Waals surface area contributed by atoms with Gasteiger partial charge in [0.05, 0.1) is 15.8 Å². The van der Waals surface area contributed by atoms with Crippen LogP contribution in [0.3, 0.4) is 0 Å². The predicted molar refractivity (Wildman–Crippen MR) is 53.1 cm³/mol. The number of hydrogen-bond donors (Lipinski definition) is 1. The van der Waals surface area contributed by atoms with Crippen LogP contribution in [0.1, 0.15) is 0 Å². The molecule has 14 heavy (non-hydrogen) atoms. The molecule has 0 bridgehead atoms. The lowest BCUT2D eigenvalue weighted by Gasteiger charge is -2.03. The SMILES string of the molecule is O=S([O-])c1c[nH]c2cc(Br)cc(F)c12. The van der Waals surface area contributed by atoms with Crippen LogP contribution < -0.4 is 0 Å². The largest absolute Gasteiger partial charge is 0.768 e. The molecule has 1 unspecified atom stereocenters. The summed E-state index contributed by atoms with van der Waals surface area (Å²) in [6, 6.07) is 2.85. The molecule has 0 aliphatic carbocycles. The fourth-order valence-corrected chi connectivity index (χ4v) is 2.24. The Morgan fingerprint density at radius 2 is 2.21 bits per heavy atom. The highest BCUT2D eigenvalue weighted by atomic mass is 79.9. The van der Waals surface area contributed by atoms with Crippen LogP contribution >= 0.6 is 15.9 Å². The van der Waals surface area contributed by atoms with Crippen molar-refractivity contribution in [1.82, 2.24) is 4.98 Å². The highest BCUT2D eigenvalue weighted by molar-refractivity contribution is 9.10. The summed E-state index contributed by atoms with van der Waals surface area (Å²) in [4.78, 5) is 2.64. The molecule has 0 aliphatic heterocycles. The maximum absolute atomic E-state index is 13.4. The Hall–Kier alpha value is -0.720. The third kappa shape index (κ3) is 1.49. The zero-order chi connectivity index (χ0) is 10.3. The van der Waals surface area contributed by atoms with Crippen molar-refractivity contribution in [3.63, 3.8) is 0 Å². The van der Waals surface area contributed by atoms with Crippen LogP contribution in [0.25, 0.3) is 10.9 Å². The lowest BCUT2D eigenvalue weighted by atomic mass is 10.2. The third-order valence-corrected chi connectivity index (χ3v) is 2.98. The van der Waals surface area contributed by atoms with Crippen LogP contribution in [-0.2, 0) is 11.1 Å². The van der Waals surface area contributed by atoms with Crippen LogP contribution in [0, 0.1) is 5.82 Å². The predicted octanol–water partition coefficient (Wildman–Crippen LogP) is 2.31. The molecule has 2 rings (SSSR count). The molecule has 1 atom stereocenters. The lowest BCUT2D eigenvalue weighted by Crippen LogP contribution is -1.88. The van der Waals surface area contributed by atoms with E-state index in [2.05, 4.69) is 20.9 Å². The summed E-state index contributed by atoms with van der Waals surface area (Å²) < 4.78 is 35.4. The van der Waals surface area contributed by atoms with Crippen molar-refractivity contribution < 1.29 is 13.2 Å². The second kappa shape index (κ2) is 3.45. The van der Waals surface area contributed by atoms with E-state index in [1.54, 1.807) is 6.07 Å². The van der Waals surface area contributed by atoms with E-state index in [0.29, 0.717) is 9.99 Å². The minimum atomic E-state index is -2.43. The number of fused-ring (bicyclic) bond motifs is 1. The maximum Gasteiger partial charge on any atom is 0.134 e. The molecule has 0 saturated heterocycles. The Bertz CT molecular complexity index is 525. The third-order valence-electron chi connectivity index (χ3n) is 1.84. The monoisotopic (exact) mass is 276 g/mol. The molecular formula is C8H4BrFNO2S-. The van der Waals surface area contributed by atoms with Gasteiger partial charge in [-0.05, 0) is 23.2 Å². The van der Waals surface area contributed by atoms with Crippen LogP contribution in [0.4, 0.5) is 4.39 Å². The Morgan fingerprint density at radius 3 is 2.86 bits per heavy atom. The second-order valence-corrected chi connectivity index (χ2v) is 4.52. The van der Waals surface area contributed by atoms with Gasteiger partial charge in [-0.3, -0.25) is 4.21 Å². The molecule has 1 aromatic carbocycles. The number of halogens is 2. The standard InChI is InChI=1S/C8H5BrFNO2S/c9-4-1-5(10)8-6(2-4)11-3-7(8)14(12)13/h1-3,11H,(H,12,13)/p-1. The van der Waals surface area contributed by atoms with Gasteiger partial charge in [-0.15, -0.1) is 0 Å². The summed E-state index contributed by atoms with van der Waals surface area (Å²) in [7, 11) is 0. The molecule has 0 radical (unpaired) electrons. The van der Waals surface area contributed by atoms with E-state index in [4.69, 9.17) is 0 Å². The zero-order valence-corrected chi connectivity index (χ0v) is 9.12. The highest BCUT2D eigenvalue weighted by Crippen LogP contribution is 2.27. The van der Waals surface area contributed by atoms with Gasteiger partial charge in [-0.1, -0.05) is 15.9 Å². The van der Waals surface area contributed by atoms with E-state index in [9.17, 15) is 13.2 Å². The van der Waals surface area contributed by atoms with Gasteiger partial charge in [0.1, 0.15) is 5.82 Å². The number of hydrogen-bond acceptors (Lipinski definition) is 2. The van der Waals surface area contributed by atoms with Crippen molar-refractivity contribution >= 4 is 37.9 Å². The van der Waals surface area contributed by atoms with Crippen molar-refractivity contribution in [2.24, 2.45) is 0 Å². The molecule has 0 fully saturated rings. The van der Waals surface area contributed by atoms with Gasteiger partial charge < -0.3 is 9.54 Å². The van der Waals surface area contributed by atoms with Gasteiger partial charge in [0.25, 0.3) is 0 Å². The molecular weight excluding hydrogens is 273 g/mol. The first-order valence-electron chi connectivity index (χ1n) is 3.65. The first kappa shape index (κ1) is 9.82. The van der Waals surface area contributed by atoms with E-state index in [1.807, 2.05) is 0 Å². The Labute approximate surface area is 89.7 Å². The summed E-state index contributed by atoms with van der Waals surface area (Å²) in [5.74, 6) is -0.560. The summed E-state index contributed by atoms with van der Waals surface area (Å²) >= 11 is 0.690. The number of benzene rings is 1. The molecule has 0 aliphatic rings. The summed E-state index contributed by atoms with van der Waals surface area (Å²) in [6.07, 6.45) is 1.27. The fourth-order valence-electron chi connectivity index (χ4n) is 1.28. The molecule has 2 aromatic rings. The van der Waals surface area contributed by atoms with Crippen molar-refractivity contribution in [1.29, 1.82) is 0 Å². The normalized spacial score (nSPS) is 13.4. The minimum Gasteiger partial charge on any atom is -0.768 e. The first-order chi connectivity index (χ1) is 6.59. The van der Waals surface area contributed by atoms with Gasteiger partial charge >= 0.3 is 0 Å². The van der Waals surface area contributed by atoms with Gasteiger partial charge in [-0.25, -0.2) is 4.39 Å². The molecule has 3 nitrogen and oxygen atoms in total. The average molecular weight is 277 g/mol. The van der Waals surface area contributed by atoms with Crippen LogP contribution in [-0.4, -0.2) is 13.7 Å². The molecule has 0 saturated carbocycles.